The molecule has 0 saturated heterocycles. The van der Waals surface area contributed by atoms with Crippen LogP contribution in [0, 0.1) is 0 Å². The first kappa shape index (κ1) is 13.0. The molecule has 0 aromatic heterocycles. The van der Waals surface area contributed by atoms with Crippen molar-refractivity contribution in [1.29, 1.82) is 0 Å². The van der Waals surface area contributed by atoms with Gasteiger partial charge in [0.25, 0.3) is 0 Å². The molecule has 0 atom stereocenters. The fourth-order valence-electron chi connectivity index (χ4n) is 1.24. The number of carbonyl (C=O) groups excluding carboxylic acids is 1. The van der Waals surface area contributed by atoms with Crippen molar-refractivity contribution in [3.63, 3.8) is 0 Å². The summed E-state index contributed by atoms with van der Waals surface area (Å²) in [7, 11) is 5.26. The number of hydrogen-bond donors (Lipinski definition) is 1. The molecule has 5 heteroatoms. The van der Waals surface area contributed by atoms with Crippen LogP contribution >= 0.6 is 0 Å². The van der Waals surface area contributed by atoms with Gasteiger partial charge in [0.05, 0.1) is 12.8 Å². The molecule has 0 heterocycles. The largest absolute Gasteiger partial charge is 0.452 e. The monoisotopic (exact) mass is 235 g/mol. The number of amides is 1. The van der Waals surface area contributed by atoms with E-state index in [-0.39, 0.29) is 0 Å². The van der Waals surface area contributed by atoms with Gasteiger partial charge < -0.3 is 9.64 Å². The van der Waals surface area contributed by atoms with Crippen LogP contribution in [-0.4, -0.2) is 33.0 Å². The molecule has 17 heavy (non-hydrogen) atoms. The second-order valence-electron chi connectivity index (χ2n) is 3.74. The van der Waals surface area contributed by atoms with E-state index in [1.165, 1.54) is 7.11 Å². The van der Waals surface area contributed by atoms with Crippen molar-refractivity contribution in [2.75, 3.05) is 26.1 Å². The number of anilines is 1. The molecular formula is C12H17N3O2. The SMILES string of the molecule is COC(=O)N/N=C(/C)c1ccc(N(C)C)cc1. The van der Waals surface area contributed by atoms with Crippen LogP contribution in [0.15, 0.2) is 29.4 Å². The molecule has 0 radical (unpaired) electrons. The molecule has 1 aromatic carbocycles. The van der Waals surface area contributed by atoms with Gasteiger partial charge in [-0.2, -0.15) is 5.10 Å². The van der Waals surface area contributed by atoms with Gasteiger partial charge in [0.15, 0.2) is 0 Å². The molecule has 0 aliphatic heterocycles. The Morgan fingerprint density at radius 3 is 2.35 bits per heavy atom. The van der Waals surface area contributed by atoms with Crippen molar-refractivity contribution in [3.8, 4) is 0 Å². The summed E-state index contributed by atoms with van der Waals surface area (Å²) in [4.78, 5) is 12.9. The number of carbonyl (C=O) groups is 1. The lowest BCUT2D eigenvalue weighted by Gasteiger charge is -2.12. The van der Waals surface area contributed by atoms with Gasteiger partial charge >= 0.3 is 6.09 Å². The summed E-state index contributed by atoms with van der Waals surface area (Å²) >= 11 is 0. The Hall–Kier alpha value is -2.04. The summed E-state index contributed by atoms with van der Waals surface area (Å²) in [5, 5.41) is 3.92. The normalized spacial score (nSPS) is 10.9. The average molecular weight is 235 g/mol. The van der Waals surface area contributed by atoms with Crippen molar-refractivity contribution in [3.05, 3.63) is 29.8 Å². The second kappa shape index (κ2) is 5.89. The number of nitrogens with one attached hydrogen (secondary N) is 1. The second-order valence-corrected chi connectivity index (χ2v) is 3.74. The topological polar surface area (TPSA) is 53.9 Å². The maximum atomic E-state index is 10.8. The van der Waals surface area contributed by atoms with Crippen molar-refractivity contribution in [1.82, 2.24) is 5.43 Å². The van der Waals surface area contributed by atoms with Gasteiger partial charge in [-0.3, -0.25) is 0 Å². The van der Waals surface area contributed by atoms with E-state index in [1.807, 2.05) is 50.2 Å². The first-order valence-corrected chi connectivity index (χ1v) is 5.20. The molecule has 0 aliphatic rings. The highest BCUT2D eigenvalue weighted by atomic mass is 16.5. The van der Waals surface area contributed by atoms with Gasteiger partial charge in [0, 0.05) is 19.8 Å². The van der Waals surface area contributed by atoms with E-state index in [0.29, 0.717) is 0 Å². The van der Waals surface area contributed by atoms with Gasteiger partial charge in [0.1, 0.15) is 0 Å². The number of benzene rings is 1. The van der Waals surface area contributed by atoms with Crippen molar-refractivity contribution in [2.45, 2.75) is 6.92 Å². The van der Waals surface area contributed by atoms with Crippen LogP contribution in [-0.2, 0) is 4.74 Å². The van der Waals surface area contributed by atoms with E-state index in [9.17, 15) is 4.79 Å². The maximum absolute atomic E-state index is 10.8. The Kier molecular flexibility index (Phi) is 4.51. The molecule has 0 fully saturated rings. The maximum Gasteiger partial charge on any atom is 0.427 e. The van der Waals surface area contributed by atoms with Crippen LogP contribution < -0.4 is 10.3 Å². The minimum absolute atomic E-state index is 0.575. The fourth-order valence-corrected chi connectivity index (χ4v) is 1.24. The van der Waals surface area contributed by atoms with E-state index in [0.717, 1.165) is 17.0 Å². The third kappa shape index (κ3) is 3.79. The Morgan fingerprint density at radius 2 is 1.88 bits per heavy atom. The van der Waals surface area contributed by atoms with Crippen LogP contribution in [0.2, 0.25) is 0 Å². The zero-order chi connectivity index (χ0) is 12.8. The predicted molar refractivity (Wildman–Crippen MR) is 68.5 cm³/mol. The summed E-state index contributed by atoms with van der Waals surface area (Å²) in [6, 6.07) is 7.89. The lowest BCUT2D eigenvalue weighted by molar-refractivity contribution is 0.171. The third-order valence-electron chi connectivity index (χ3n) is 2.30. The first-order chi connectivity index (χ1) is 8.04. The molecule has 0 saturated carbocycles. The molecule has 5 nitrogen and oxygen atoms in total. The first-order valence-electron chi connectivity index (χ1n) is 5.20. The molecule has 0 bridgehead atoms. The highest BCUT2D eigenvalue weighted by molar-refractivity contribution is 5.99. The lowest BCUT2D eigenvalue weighted by atomic mass is 10.1. The van der Waals surface area contributed by atoms with Crippen molar-refractivity contribution >= 4 is 17.5 Å². The van der Waals surface area contributed by atoms with Crippen LogP contribution in [0.4, 0.5) is 10.5 Å². The highest BCUT2D eigenvalue weighted by Gasteiger charge is 2.01. The molecular weight excluding hydrogens is 218 g/mol. The Bertz CT molecular complexity index is 410. The number of hydrazone groups is 1. The molecule has 0 aliphatic carbocycles. The highest BCUT2D eigenvalue weighted by Crippen LogP contribution is 2.12. The third-order valence-corrected chi connectivity index (χ3v) is 2.30. The van der Waals surface area contributed by atoms with Crippen LogP contribution in [0.3, 0.4) is 0 Å². The summed E-state index contributed by atoms with van der Waals surface area (Å²) in [6.07, 6.45) is -0.575. The lowest BCUT2D eigenvalue weighted by Crippen LogP contribution is -2.18. The van der Waals surface area contributed by atoms with Gasteiger partial charge in [-0.05, 0) is 24.6 Å². The minimum atomic E-state index is -0.575. The summed E-state index contributed by atoms with van der Waals surface area (Å²) in [6.45, 7) is 1.82. The molecule has 1 aromatic rings. The number of nitrogens with zero attached hydrogens (tertiary/aromatic N) is 2. The Balaban J connectivity index is 2.75. The van der Waals surface area contributed by atoms with Crippen molar-refractivity contribution < 1.29 is 9.53 Å². The molecule has 1 amide bonds. The molecule has 0 spiro atoms. The Morgan fingerprint density at radius 1 is 1.29 bits per heavy atom. The van der Waals surface area contributed by atoms with E-state index in [2.05, 4.69) is 15.3 Å². The van der Waals surface area contributed by atoms with E-state index >= 15 is 0 Å². The molecule has 1 rings (SSSR count). The molecule has 0 unspecified atom stereocenters. The average Bonchev–Trinajstić information content (AvgIpc) is 2.35. The molecule has 1 N–H and O–H groups in total. The minimum Gasteiger partial charge on any atom is -0.452 e. The van der Waals surface area contributed by atoms with E-state index in [4.69, 9.17) is 0 Å². The van der Waals surface area contributed by atoms with Gasteiger partial charge in [-0.15, -0.1) is 0 Å². The van der Waals surface area contributed by atoms with E-state index < -0.39 is 6.09 Å². The van der Waals surface area contributed by atoms with Crippen molar-refractivity contribution in [2.24, 2.45) is 5.10 Å². The van der Waals surface area contributed by atoms with Gasteiger partial charge in [-0.1, -0.05) is 12.1 Å². The number of ether oxygens (including phenoxy) is 1. The van der Waals surface area contributed by atoms with Crippen LogP contribution in [0.25, 0.3) is 0 Å². The smallest absolute Gasteiger partial charge is 0.427 e. The Labute approximate surface area is 101 Å². The summed E-state index contributed by atoms with van der Waals surface area (Å²) in [5.74, 6) is 0. The van der Waals surface area contributed by atoms with E-state index in [1.54, 1.807) is 0 Å². The summed E-state index contributed by atoms with van der Waals surface area (Å²) in [5.41, 5.74) is 5.07. The number of hydrogen-bond acceptors (Lipinski definition) is 4. The standard InChI is InChI=1S/C12H17N3O2/c1-9(13-14-12(16)17-4)10-5-7-11(8-6-10)15(2)3/h5-8H,1-4H3,(H,14,16)/b13-9-. The van der Waals surface area contributed by atoms with Crippen LogP contribution in [0.5, 0.6) is 0 Å². The number of methoxy groups -OCH3 is 1. The summed E-state index contributed by atoms with van der Waals surface area (Å²) < 4.78 is 4.42. The predicted octanol–water partition coefficient (Wildman–Crippen LogP) is 1.83. The zero-order valence-corrected chi connectivity index (χ0v) is 10.5. The van der Waals surface area contributed by atoms with Crippen LogP contribution in [0.1, 0.15) is 12.5 Å². The van der Waals surface area contributed by atoms with Gasteiger partial charge in [0.2, 0.25) is 0 Å². The quantitative estimate of drug-likeness (QED) is 0.642. The fraction of sp³-hybridized carbons (Fsp3) is 0.333. The van der Waals surface area contributed by atoms with Gasteiger partial charge in [-0.25, -0.2) is 10.2 Å². The molecule has 92 valence electrons. The number of rotatable bonds is 3. The zero-order valence-electron chi connectivity index (χ0n) is 10.5.